The van der Waals surface area contributed by atoms with E-state index in [1.54, 1.807) is 42.5 Å². The van der Waals surface area contributed by atoms with Crippen molar-refractivity contribution in [3.05, 3.63) is 68.2 Å². The lowest BCUT2D eigenvalue weighted by atomic mass is 10.1. The number of benzene rings is 2. The quantitative estimate of drug-likeness (QED) is 0.577. The van der Waals surface area contributed by atoms with Gasteiger partial charge in [0.2, 0.25) is 0 Å². The van der Waals surface area contributed by atoms with Crippen LogP contribution >= 0.6 is 31.9 Å². The van der Waals surface area contributed by atoms with E-state index >= 15 is 0 Å². The van der Waals surface area contributed by atoms with Gasteiger partial charge >= 0.3 is 5.97 Å². The Morgan fingerprint density at radius 1 is 1.12 bits per heavy atom. The number of rotatable bonds is 6. The Morgan fingerprint density at radius 3 is 2.19 bits per heavy atom. The smallest absolute Gasteiger partial charge is 0.352 e. The summed E-state index contributed by atoms with van der Waals surface area (Å²) in [6.07, 6.45) is 1.38. The molecule has 7 heteroatoms. The number of halogens is 2. The summed E-state index contributed by atoms with van der Waals surface area (Å²) in [5, 5.41) is 11.8. The molecule has 0 atom stereocenters. The summed E-state index contributed by atoms with van der Waals surface area (Å²) in [7, 11) is 0. The summed E-state index contributed by atoms with van der Waals surface area (Å²) < 4.78 is 7.05. The highest BCUT2D eigenvalue weighted by atomic mass is 79.9. The zero-order valence-corrected chi connectivity index (χ0v) is 17.3. The predicted octanol–water partition coefficient (Wildman–Crippen LogP) is 4.85. The van der Waals surface area contributed by atoms with Gasteiger partial charge in [-0.3, -0.25) is 4.79 Å². The van der Waals surface area contributed by atoms with E-state index in [1.807, 2.05) is 13.8 Å². The van der Waals surface area contributed by atoms with Gasteiger partial charge in [0.15, 0.2) is 0 Å². The minimum absolute atomic E-state index is 0.0104. The highest BCUT2D eigenvalue weighted by molar-refractivity contribution is 9.11. The Balaban J connectivity index is 2.31. The molecule has 0 aromatic heterocycles. The van der Waals surface area contributed by atoms with Crippen molar-refractivity contribution in [3.8, 4) is 5.75 Å². The van der Waals surface area contributed by atoms with Gasteiger partial charge in [0.25, 0.3) is 5.91 Å². The maximum Gasteiger partial charge on any atom is 0.352 e. The van der Waals surface area contributed by atoms with Gasteiger partial charge in [-0.2, -0.15) is 0 Å². The van der Waals surface area contributed by atoms with Crippen LogP contribution in [0.1, 0.15) is 29.8 Å². The van der Waals surface area contributed by atoms with Gasteiger partial charge in [0, 0.05) is 5.56 Å². The highest BCUT2D eigenvalue weighted by Gasteiger charge is 2.15. The van der Waals surface area contributed by atoms with E-state index < -0.39 is 11.9 Å². The van der Waals surface area contributed by atoms with Gasteiger partial charge in [-0.05, 0) is 81.6 Å². The van der Waals surface area contributed by atoms with Gasteiger partial charge in [-0.25, -0.2) is 4.79 Å². The van der Waals surface area contributed by atoms with Crippen LogP contribution < -0.4 is 10.1 Å². The van der Waals surface area contributed by atoms with Gasteiger partial charge < -0.3 is 15.2 Å². The van der Waals surface area contributed by atoms with Crippen molar-refractivity contribution in [1.29, 1.82) is 0 Å². The topological polar surface area (TPSA) is 75.6 Å². The van der Waals surface area contributed by atoms with E-state index in [2.05, 4.69) is 37.2 Å². The molecule has 2 aromatic rings. The minimum Gasteiger partial charge on any atom is -0.489 e. The molecular formula is C19H17Br2NO4. The first kappa shape index (κ1) is 20.2. The Morgan fingerprint density at radius 2 is 1.69 bits per heavy atom. The predicted molar refractivity (Wildman–Crippen MR) is 107 cm³/mol. The first-order chi connectivity index (χ1) is 12.3. The third-order valence-corrected chi connectivity index (χ3v) is 4.38. The van der Waals surface area contributed by atoms with E-state index in [-0.39, 0.29) is 11.8 Å². The lowest BCUT2D eigenvalue weighted by Gasteiger charge is -2.14. The third-order valence-electron chi connectivity index (χ3n) is 3.20. The molecule has 0 spiro atoms. The maximum absolute atomic E-state index is 12.2. The van der Waals surface area contributed by atoms with Crippen LogP contribution in [0, 0.1) is 0 Å². The molecule has 0 radical (unpaired) electrons. The number of carbonyl (C=O) groups is 2. The first-order valence-electron chi connectivity index (χ1n) is 7.75. The Kier molecular flexibility index (Phi) is 6.99. The molecule has 0 aliphatic carbocycles. The van der Waals surface area contributed by atoms with Gasteiger partial charge in [0.05, 0.1) is 15.0 Å². The second kappa shape index (κ2) is 9.00. The summed E-state index contributed by atoms with van der Waals surface area (Å²) in [4.78, 5) is 23.7. The van der Waals surface area contributed by atoms with Crippen molar-refractivity contribution >= 4 is 49.8 Å². The number of amides is 1. The van der Waals surface area contributed by atoms with Gasteiger partial charge in [-0.1, -0.05) is 18.2 Å². The first-order valence-corrected chi connectivity index (χ1v) is 9.33. The second-order valence-corrected chi connectivity index (χ2v) is 7.37. The molecule has 0 heterocycles. The van der Waals surface area contributed by atoms with Crippen molar-refractivity contribution in [3.63, 3.8) is 0 Å². The second-order valence-electron chi connectivity index (χ2n) is 5.66. The summed E-state index contributed by atoms with van der Waals surface area (Å²) >= 11 is 6.84. The fraction of sp³-hybridized carbons (Fsp3) is 0.158. The summed E-state index contributed by atoms with van der Waals surface area (Å²) in [6.45, 7) is 3.82. The molecular weight excluding hydrogens is 466 g/mol. The average Bonchev–Trinajstić information content (AvgIpc) is 2.58. The summed E-state index contributed by atoms with van der Waals surface area (Å²) in [5.74, 6) is -1.09. The van der Waals surface area contributed by atoms with Gasteiger partial charge in [-0.15, -0.1) is 0 Å². The normalized spacial score (nSPS) is 11.3. The zero-order valence-electron chi connectivity index (χ0n) is 14.1. The van der Waals surface area contributed by atoms with Crippen LogP contribution in [0.15, 0.2) is 57.1 Å². The highest BCUT2D eigenvalue weighted by Crippen LogP contribution is 2.36. The molecule has 0 unspecified atom stereocenters. The molecule has 2 aromatic carbocycles. The fourth-order valence-corrected chi connectivity index (χ4v) is 3.52. The van der Waals surface area contributed by atoms with Crippen LogP contribution in [0.25, 0.3) is 6.08 Å². The van der Waals surface area contributed by atoms with Crippen molar-refractivity contribution < 1.29 is 19.4 Å². The SMILES string of the molecule is CC(C)Oc1c(Br)cc(C=C(NC(=O)c2ccccc2)C(=O)O)cc1Br. The minimum atomic E-state index is -1.23. The van der Waals surface area contributed by atoms with Crippen molar-refractivity contribution in [2.45, 2.75) is 20.0 Å². The Hall–Kier alpha value is -2.12. The molecule has 0 aliphatic heterocycles. The zero-order chi connectivity index (χ0) is 19.3. The van der Waals surface area contributed by atoms with Crippen LogP contribution in [0.5, 0.6) is 5.75 Å². The van der Waals surface area contributed by atoms with E-state index in [0.29, 0.717) is 25.8 Å². The maximum atomic E-state index is 12.2. The lowest BCUT2D eigenvalue weighted by Crippen LogP contribution is -2.27. The third kappa shape index (κ3) is 5.44. The largest absolute Gasteiger partial charge is 0.489 e. The van der Waals surface area contributed by atoms with Crippen molar-refractivity contribution in [1.82, 2.24) is 5.32 Å². The van der Waals surface area contributed by atoms with Crippen LogP contribution in [-0.4, -0.2) is 23.1 Å². The molecule has 0 saturated carbocycles. The monoisotopic (exact) mass is 481 g/mol. The molecule has 26 heavy (non-hydrogen) atoms. The van der Waals surface area contributed by atoms with Crippen LogP contribution in [0.4, 0.5) is 0 Å². The molecule has 0 aliphatic rings. The van der Waals surface area contributed by atoms with Crippen LogP contribution in [0.2, 0.25) is 0 Å². The summed E-state index contributed by atoms with van der Waals surface area (Å²) in [6, 6.07) is 11.9. The number of carboxylic acid groups (broad SMARTS) is 1. The number of hydrogen-bond acceptors (Lipinski definition) is 3. The number of aliphatic carboxylic acids is 1. The van der Waals surface area contributed by atoms with E-state index in [0.717, 1.165) is 0 Å². The van der Waals surface area contributed by atoms with Crippen LogP contribution in [0.3, 0.4) is 0 Å². The average molecular weight is 483 g/mol. The Labute approximate surface area is 168 Å². The van der Waals surface area contributed by atoms with E-state index in [1.165, 1.54) is 6.08 Å². The molecule has 2 rings (SSSR count). The van der Waals surface area contributed by atoms with Crippen molar-refractivity contribution in [2.75, 3.05) is 0 Å². The number of hydrogen-bond donors (Lipinski definition) is 2. The molecule has 0 saturated heterocycles. The lowest BCUT2D eigenvalue weighted by molar-refractivity contribution is -0.132. The van der Waals surface area contributed by atoms with Gasteiger partial charge in [0.1, 0.15) is 11.4 Å². The number of carboxylic acids is 1. The molecule has 0 fully saturated rings. The standard InChI is InChI=1S/C19H17Br2NO4/c1-11(2)26-17-14(20)8-12(9-15(17)21)10-16(19(24)25)22-18(23)13-6-4-3-5-7-13/h3-11H,1-2H3,(H,22,23)(H,24,25). The van der Waals surface area contributed by atoms with Crippen molar-refractivity contribution in [2.24, 2.45) is 0 Å². The van der Waals surface area contributed by atoms with E-state index in [4.69, 9.17) is 4.74 Å². The van der Waals surface area contributed by atoms with E-state index in [9.17, 15) is 14.7 Å². The number of carbonyl (C=O) groups excluding carboxylic acids is 1. The Bertz CT molecular complexity index is 825. The fourth-order valence-electron chi connectivity index (χ4n) is 2.11. The number of nitrogens with one attached hydrogen (secondary N) is 1. The molecule has 2 N–H and O–H groups in total. The molecule has 1 amide bonds. The number of ether oxygens (including phenoxy) is 1. The molecule has 136 valence electrons. The molecule has 0 bridgehead atoms. The van der Waals surface area contributed by atoms with Crippen LogP contribution in [-0.2, 0) is 4.79 Å². The molecule has 5 nitrogen and oxygen atoms in total. The summed E-state index contributed by atoms with van der Waals surface area (Å²) in [5.41, 5.74) is 0.739.